The Bertz CT molecular complexity index is 1460. The lowest BCUT2D eigenvalue weighted by molar-refractivity contribution is 0.0697. The van der Waals surface area contributed by atoms with E-state index in [2.05, 4.69) is 5.10 Å². The number of carbonyl (C=O) groups is 1. The molecule has 0 bridgehead atoms. The van der Waals surface area contributed by atoms with Crippen molar-refractivity contribution in [2.75, 3.05) is 26.2 Å². The largest absolute Gasteiger partial charge is 0.336 e. The van der Waals surface area contributed by atoms with Gasteiger partial charge >= 0.3 is 0 Å². The number of benzene rings is 2. The van der Waals surface area contributed by atoms with E-state index >= 15 is 0 Å². The number of carbonyl (C=O) groups excluding carboxylic acids is 1. The fraction of sp³-hybridized carbons (Fsp3) is 0.167. The maximum atomic E-state index is 14.1. The standard InChI is InChI=1S/C24H21F2N5O3S/c25-18-7-9-19(10-8-18)31-23(28-11-3-4-12-28)20(17-27-31)24(32)29-13-15-30(16-14-29)35(33,34)22-6-2-1-5-21(22)26/h1-12,17H,13-16H2. The molecular weight excluding hydrogens is 476 g/mol. The molecule has 1 fully saturated rings. The molecule has 180 valence electrons. The molecule has 11 heteroatoms. The highest BCUT2D eigenvalue weighted by molar-refractivity contribution is 7.89. The quantitative estimate of drug-likeness (QED) is 0.425. The van der Waals surface area contributed by atoms with Gasteiger partial charge < -0.3 is 9.47 Å². The molecule has 1 amide bonds. The van der Waals surface area contributed by atoms with Gasteiger partial charge in [0, 0.05) is 38.6 Å². The molecule has 1 aliphatic rings. The molecule has 0 spiro atoms. The first kappa shape index (κ1) is 22.9. The molecule has 8 nitrogen and oxygen atoms in total. The van der Waals surface area contributed by atoms with Crippen LogP contribution in [0.5, 0.6) is 0 Å². The monoisotopic (exact) mass is 497 g/mol. The molecule has 0 N–H and O–H groups in total. The second kappa shape index (κ2) is 9.08. The number of sulfonamides is 1. The number of rotatable bonds is 5. The molecule has 0 atom stereocenters. The summed E-state index contributed by atoms with van der Waals surface area (Å²) in [5, 5.41) is 4.37. The van der Waals surface area contributed by atoms with Gasteiger partial charge in [0.1, 0.15) is 22.1 Å². The number of amides is 1. The molecule has 1 saturated heterocycles. The molecule has 35 heavy (non-hydrogen) atoms. The van der Waals surface area contributed by atoms with Crippen LogP contribution in [0.25, 0.3) is 11.5 Å². The summed E-state index contributed by atoms with van der Waals surface area (Å²) in [6, 6.07) is 14.6. The summed E-state index contributed by atoms with van der Waals surface area (Å²) in [4.78, 5) is 14.6. The topological polar surface area (TPSA) is 80.4 Å². The molecule has 4 aromatic rings. The highest BCUT2D eigenvalue weighted by Gasteiger charge is 2.33. The van der Waals surface area contributed by atoms with Gasteiger partial charge in [-0.2, -0.15) is 9.40 Å². The van der Waals surface area contributed by atoms with E-state index < -0.39 is 15.8 Å². The van der Waals surface area contributed by atoms with Gasteiger partial charge in [0.25, 0.3) is 5.91 Å². The van der Waals surface area contributed by atoms with Gasteiger partial charge in [0.15, 0.2) is 5.82 Å². The van der Waals surface area contributed by atoms with Crippen molar-refractivity contribution in [3.8, 4) is 11.5 Å². The summed E-state index contributed by atoms with van der Waals surface area (Å²) in [6.45, 7) is 0.347. The third-order valence-corrected chi connectivity index (χ3v) is 7.81. The number of hydrogen-bond donors (Lipinski definition) is 0. The van der Waals surface area contributed by atoms with Crippen LogP contribution in [0.4, 0.5) is 8.78 Å². The molecule has 0 unspecified atom stereocenters. The molecule has 1 aliphatic heterocycles. The fourth-order valence-corrected chi connectivity index (χ4v) is 5.57. The van der Waals surface area contributed by atoms with Gasteiger partial charge in [-0.15, -0.1) is 0 Å². The van der Waals surface area contributed by atoms with Crippen molar-refractivity contribution in [3.05, 3.63) is 96.5 Å². The van der Waals surface area contributed by atoms with Gasteiger partial charge in [-0.05, 0) is 48.5 Å². The van der Waals surface area contributed by atoms with Gasteiger partial charge in [0.2, 0.25) is 10.0 Å². The lowest BCUT2D eigenvalue weighted by Crippen LogP contribution is -2.50. The average molecular weight is 498 g/mol. The molecule has 5 rings (SSSR count). The van der Waals surface area contributed by atoms with Gasteiger partial charge in [-0.25, -0.2) is 21.9 Å². The molecule has 3 heterocycles. The minimum absolute atomic E-state index is 0.0351. The normalized spacial score (nSPS) is 14.9. The van der Waals surface area contributed by atoms with Crippen molar-refractivity contribution in [2.24, 2.45) is 0 Å². The predicted octanol–water partition coefficient (Wildman–Crippen LogP) is 3.09. The first-order chi connectivity index (χ1) is 16.9. The van der Waals surface area contributed by atoms with Crippen molar-refractivity contribution in [1.82, 2.24) is 23.6 Å². The number of aromatic nitrogens is 3. The zero-order valence-corrected chi connectivity index (χ0v) is 19.3. The Kier molecular flexibility index (Phi) is 5.95. The van der Waals surface area contributed by atoms with Crippen LogP contribution < -0.4 is 0 Å². The van der Waals surface area contributed by atoms with Crippen LogP contribution in [0.2, 0.25) is 0 Å². The second-order valence-electron chi connectivity index (χ2n) is 7.99. The van der Waals surface area contributed by atoms with E-state index in [0.717, 1.165) is 6.07 Å². The van der Waals surface area contributed by atoms with Crippen LogP contribution >= 0.6 is 0 Å². The number of nitrogens with zero attached hydrogens (tertiary/aromatic N) is 5. The predicted molar refractivity (Wildman–Crippen MR) is 124 cm³/mol. The van der Waals surface area contributed by atoms with E-state index in [1.165, 1.54) is 40.8 Å². The summed E-state index contributed by atoms with van der Waals surface area (Å²) < 4.78 is 57.8. The Morgan fingerprint density at radius 2 is 1.51 bits per heavy atom. The number of hydrogen-bond acceptors (Lipinski definition) is 4. The lowest BCUT2D eigenvalue weighted by atomic mass is 10.2. The molecular formula is C24H21F2N5O3S. The van der Waals surface area contributed by atoms with Crippen LogP contribution in [0.3, 0.4) is 0 Å². The maximum Gasteiger partial charge on any atom is 0.259 e. The van der Waals surface area contributed by atoms with Crippen molar-refractivity contribution < 1.29 is 22.0 Å². The summed E-state index contributed by atoms with van der Waals surface area (Å²) in [5.41, 5.74) is 0.894. The molecule has 2 aromatic carbocycles. The maximum absolute atomic E-state index is 14.1. The van der Waals surface area contributed by atoms with Crippen LogP contribution in [-0.2, 0) is 10.0 Å². The number of piperazine rings is 1. The molecule has 0 radical (unpaired) electrons. The van der Waals surface area contributed by atoms with E-state index in [9.17, 15) is 22.0 Å². The first-order valence-electron chi connectivity index (χ1n) is 10.9. The minimum Gasteiger partial charge on any atom is -0.336 e. The summed E-state index contributed by atoms with van der Waals surface area (Å²) in [5.74, 6) is -1.03. The molecule has 2 aromatic heterocycles. The van der Waals surface area contributed by atoms with Crippen LogP contribution in [0.15, 0.2) is 84.1 Å². The highest BCUT2D eigenvalue weighted by Crippen LogP contribution is 2.24. The zero-order valence-electron chi connectivity index (χ0n) is 18.5. The Balaban J connectivity index is 1.40. The Morgan fingerprint density at radius 3 is 2.17 bits per heavy atom. The molecule has 0 aliphatic carbocycles. The van der Waals surface area contributed by atoms with Crippen LogP contribution in [0.1, 0.15) is 10.4 Å². The highest BCUT2D eigenvalue weighted by atomic mass is 32.2. The van der Waals surface area contributed by atoms with E-state index in [1.54, 1.807) is 38.7 Å². The van der Waals surface area contributed by atoms with E-state index in [0.29, 0.717) is 17.1 Å². The van der Waals surface area contributed by atoms with E-state index in [-0.39, 0.29) is 42.8 Å². The first-order valence-corrected chi connectivity index (χ1v) is 12.3. The average Bonchev–Trinajstić information content (AvgIpc) is 3.54. The summed E-state index contributed by atoms with van der Waals surface area (Å²) in [6.07, 6.45) is 4.99. The van der Waals surface area contributed by atoms with Crippen molar-refractivity contribution in [1.29, 1.82) is 0 Å². The second-order valence-corrected chi connectivity index (χ2v) is 9.89. The number of halogens is 2. The van der Waals surface area contributed by atoms with Crippen molar-refractivity contribution in [3.63, 3.8) is 0 Å². The van der Waals surface area contributed by atoms with E-state index in [4.69, 9.17) is 0 Å². The van der Waals surface area contributed by atoms with Gasteiger partial charge in [-0.3, -0.25) is 4.79 Å². The van der Waals surface area contributed by atoms with Crippen LogP contribution in [0, 0.1) is 11.6 Å². The summed E-state index contributed by atoms with van der Waals surface area (Å²) >= 11 is 0. The smallest absolute Gasteiger partial charge is 0.259 e. The zero-order chi connectivity index (χ0) is 24.6. The Labute approximate surface area is 200 Å². The molecule has 0 saturated carbocycles. The third kappa shape index (κ3) is 4.24. The van der Waals surface area contributed by atoms with Crippen LogP contribution in [-0.4, -0.2) is 64.1 Å². The van der Waals surface area contributed by atoms with E-state index in [1.807, 2.05) is 12.1 Å². The van der Waals surface area contributed by atoms with Gasteiger partial charge in [0.05, 0.1) is 11.9 Å². The lowest BCUT2D eigenvalue weighted by Gasteiger charge is -2.34. The van der Waals surface area contributed by atoms with Crippen molar-refractivity contribution >= 4 is 15.9 Å². The minimum atomic E-state index is -4.02. The summed E-state index contributed by atoms with van der Waals surface area (Å²) in [7, 11) is -4.02. The Hall–Kier alpha value is -3.83. The fourth-order valence-electron chi connectivity index (χ4n) is 4.08. The Morgan fingerprint density at radius 1 is 0.857 bits per heavy atom. The van der Waals surface area contributed by atoms with Gasteiger partial charge in [-0.1, -0.05) is 12.1 Å². The third-order valence-electron chi connectivity index (χ3n) is 5.87. The van der Waals surface area contributed by atoms with Crippen molar-refractivity contribution in [2.45, 2.75) is 4.90 Å². The SMILES string of the molecule is O=C(c1cnn(-c2ccc(F)cc2)c1-n1cccc1)N1CCN(S(=O)(=O)c2ccccc2F)CC1.